The van der Waals surface area contributed by atoms with Crippen LogP contribution >= 0.6 is 0 Å². The van der Waals surface area contributed by atoms with Gasteiger partial charge in [0.25, 0.3) is 5.91 Å². The van der Waals surface area contributed by atoms with Crippen LogP contribution in [0.5, 0.6) is 0 Å². The van der Waals surface area contributed by atoms with E-state index in [0.717, 1.165) is 0 Å². The van der Waals surface area contributed by atoms with Crippen molar-refractivity contribution in [3.05, 3.63) is 35.4 Å². The summed E-state index contributed by atoms with van der Waals surface area (Å²) in [7, 11) is 1.50. The van der Waals surface area contributed by atoms with E-state index in [4.69, 9.17) is 0 Å². The van der Waals surface area contributed by atoms with Crippen LogP contribution in [0.25, 0.3) is 0 Å². The maximum atomic E-state index is 11.8. The van der Waals surface area contributed by atoms with E-state index >= 15 is 0 Å². The number of imide groups is 1. The van der Waals surface area contributed by atoms with Crippen LogP contribution in [-0.2, 0) is 4.79 Å². The number of carbonyl (C=O) groups excluding carboxylic acids is 2. The molecule has 1 aromatic carbocycles. The molecule has 4 N–H and O–H groups in total. The van der Waals surface area contributed by atoms with Gasteiger partial charge in [-0.05, 0) is 24.3 Å². The summed E-state index contributed by atoms with van der Waals surface area (Å²) in [5.74, 6) is 0.833. The lowest BCUT2D eigenvalue weighted by molar-refractivity contribution is -0.692. The van der Waals surface area contributed by atoms with Gasteiger partial charge in [-0.1, -0.05) is 57.4 Å². The second-order valence-electron chi connectivity index (χ2n) is 7.34. The Bertz CT molecular complexity index is 563. The molecule has 2 rings (SSSR count). The van der Waals surface area contributed by atoms with Crippen molar-refractivity contribution in [2.75, 3.05) is 13.6 Å². The molecule has 1 aromatic rings. The number of benzene rings is 1. The van der Waals surface area contributed by atoms with Crippen LogP contribution in [0.1, 0.15) is 69.0 Å². The number of rotatable bonds is 6. The van der Waals surface area contributed by atoms with Gasteiger partial charge >= 0.3 is 6.03 Å². The lowest BCUT2D eigenvalue weighted by Gasteiger charge is -2.23. The standard InChI is InChI=1S/C20H31N3O2/c1-14(2)19(22-13-18(24)23-20(25)21-3)17-11-9-16(10-12-17)15-7-5-4-6-8-15/h9-12,14-15,19,22H,4-8,13H2,1-3H3,(H2,21,23,24,25)/p+1/t19-/m1/s1. The summed E-state index contributed by atoms with van der Waals surface area (Å²) in [6.07, 6.45) is 6.67. The fourth-order valence-electron chi connectivity index (χ4n) is 3.69. The van der Waals surface area contributed by atoms with E-state index in [-0.39, 0.29) is 18.5 Å². The fourth-order valence-corrected chi connectivity index (χ4v) is 3.69. The van der Waals surface area contributed by atoms with Crippen LogP contribution in [0.4, 0.5) is 4.79 Å². The van der Waals surface area contributed by atoms with Crippen LogP contribution in [0.3, 0.4) is 0 Å². The normalized spacial score (nSPS) is 16.5. The topological polar surface area (TPSA) is 74.8 Å². The highest BCUT2D eigenvalue weighted by atomic mass is 16.2. The zero-order valence-electron chi connectivity index (χ0n) is 15.7. The van der Waals surface area contributed by atoms with Crippen LogP contribution in [0.15, 0.2) is 24.3 Å². The second kappa shape index (κ2) is 9.56. The number of amides is 3. The molecule has 0 aliphatic heterocycles. The molecule has 1 saturated carbocycles. The Hall–Kier alpha value is -1.88. The minimum Gasteiger partial charge on any atom is -0.341 e. The molecule has 0 radical (unpaired) electrons. The molecular weight excluding hydrogens is 314 g/mol. The number of carbonyl (C=O) groups is 2. The van der Waals surface area contributed by atoms with Gasteiger partial charge in [0.05, 0.1) is 0 Å². The molecule has 1 atom stereocenters. The van der Waals surface area contributed by atoms with Crippen LogP contribution in [0, 0.1) is 5.92 Å². The molecule has 138 valence electrons. The SMILES string of the molecule is CNC(=O)NC(=O)C[NH2+][C@@H](c1ccc(C2CCCCC2)cc1)C(C)C. The Morgan fingerprint density at radius 2 is 1.76 bits per heavy atom. The van der Waals surface area contributed by atoms with Gasteiger partial charge in [0, 0.05) is 18.5 Å². The van der Waals surface area contributed by atoms with E-state index < -0.39 is 6.03 Å². The Morgan fingerprint density at radius 3 is 2.32 bits per heavy atom. The summed E-state index contributed by atoms with van der Waals surface area (Å²) in [6.45, 7) is 4.56. The Kier molecular flexibility index (Phi) is 7.44. The Morgan fingerprint density at radius 1 is 1.12 bits per heavy atom. The molecule has 0 aromatic heterocycles. The number of hydrogen-bond donors (Lipinski definition) is 3. The van der Waals surface area contributed by atoms with Gasteiger partial charge in [-0.2, -0.15) is 0 Å². The Balaban J connectivity index is 1.97. The summed E-state index contributed by atoms with van der Waals surface area (Å²) in [5.41, 5.74) is 2.69. The van der Waals surface area contributed by atoms with Crippen molar-refractivity contribution in [1.82, 2.24) is 10.6 Å². The van der Waals surface area contributed by atoms with Crippen molar-refractivity contribution >= 4 is 11.9 Å². The van der Waals surface area contributed by atoms with Gasteiger partial charge in [-0.3, -0.25) is 10.1 Å². The van der Waals surface area contributed by atoms with Crippen molar-refractivity contribution in [3.8, 4) is 0 Å². The smallest absolute Gasteiger partial charge is 0.321 e. The van der Waals surface area contributed by atoms with Crippen molar-refractivity contribution < 1.29 is 14.9 Å². The van der Waals surface area contributed by atoms with E-state index in [1.54, 1.807) is 0 Å². The highest BCUT2D eigenvalue weighted by molar-refractivity contribution is 5.94. The zero-order chi connectivity index (χ0) is 18.2. The molecule has 1 aliphatic rings. The maximum Gasteiger partial charge on any atom is 0.321 e. The zero-order valence-corrected chi connectivity index (χ0v) is 15.7. The summed E-state index contributed by atoms with van der Waals surface area (Å²) >= 11 is 0. The quantitative estimate of drug-likeness (QED) is 0.740. The monoisotopic (exact) mass is 346 g/mol. The molecule has 5 nitrogen and oxygen atoms in total. The molecule has 25 heavy (non-hydrogen) atoms. The third-order valence-electron chi connectivity index (χ3n) is 5.15. The largest absolute Gasteiger partial charge is 0.341 e. The molecule has 1 fully saturated rings. The minimum atomic E-state index is -0.462. The van der Waals surface area contributed by atoms with Gasteiger partial charge < -0.3 is 10.6 Å². The first-order chi connectivity index (χ1) is 12.0. The summed E-state index contributed by atoms with van der Waals surface area (Å²) in [5, 5.41) is 6.71. The molecule has 5 heteroatoms. The predicted molar refractivity (Wildman–Crippen MR) is 99.2 cm³/mol. The third-order valence-corrected chi connectivity index (χ3v) is 5.15. The van der Waals surface area contributed by atoms with Crippen molar-refractivity contribution in [1.29, 1.82) is 0 Å². The van der Waals surface area contributed by atoms with Gasteiger partial charge in [-0.25, -0.2) is 4.79 Å². The van der Waals surface area contributed by atoms with E-state index in [2.05, 4.69) is 48.7 Å². The Labute approximate surface area is 151 Å². The number of urea groups is 1. The molecule has 0 bridgehead atoms. The lowest BCUT2D eigenvalue weighted by atomic mass is 9.83. The van der Waals surface area contributed by atoms with Crippen LogP contribution < -0.4 is 16.0 Å². The number of quaternary nitrogens is 1. The first-order valence-corrected chi connectivity index (χ1v) is 9.46. The maximum absolute atomic E-state index is 11.8. The highest BCUT2D eigenvalue weighted by Crippen LogP contribution is 2.33. The first kappa shape index (κ1) is 19.4. The summed E-state index contributed by atoms with van der Waals surface area (Å²) in [6, 6.07) is 8.69. The molecule has 3 amide bonds. The van der Waals surface area contributed by atoms with Gasteiger partial charge in [0.2, 0.25) is 0 Å². The first-order valence-electron chi connectivity index (χ1n) is 9.46. The van der Waals surface area contributed by atoms with Crippen molar-refractivity contribution in [2.45, 2.75) is 57.9 Å². The van der Waals surface area contributed by atoms with E-state index in [9.17, 15) is 9.59 Å². The third kappa shape index (κ3) is 5.85. The van der Waals surface area contributed by atoms with Crippen molar-refractivity contribution in [2.24, 2.45) is 5.92 Å². The highest BCUT2D eigenvalue weighted by Gasteiger charge is 2.22. The van der Waals surface area contributed by atoms with Gasteiger partial charge in [-0.15, -0.1) is 0 Å². The molecule has 0 unspecified atom stereocenters. The molecule has 1 aliphatic carbocycles. The van der Waals surface area contributed by atoms with Crippen molar-refractivity contribution in [3.63, 3.8) is 0 Å². The number of hydrogen-bond acceptors (Lipinski definition) is 2. The molecule has 0 spiro atoms. The second-order valence-corrected chi connectivity index (χ2v) is 7.34. The molecular formula is C20H32N3O2+. The van der Waals surface area contributed by atoms with Gasteiger partial charge in [0.15, 0.2) is 6.54 Å². The number of nitrogens with one attached hydrogen (secondary N) is 2. The average molecular weight is 346 g/mol. The molecule has 0 heterocycles. The molecule has 0 saturated heterocycles. The van der Waals surface area contributed by atoms with E-state index in [1.807, 2.05) is 5.32 Å². The summed E-state index contributed by atoms with van der Waals surface area (Å²) in [4.78, 5) is 23.0. The lowest BCUT2D eigenvalue weighted by Crippen LogP contribution is -2.88. The average Bonchev–Trinajstić information content (AvgIpc) is 2.62. The van der Waals surface area contributed by atoms with Gasteiger partial charge in [0.1, 0.15) is 6.04 Å². The van der Waals surface area contributed by atoms with Crippen LogP contribution in [-0.4, -0.2) is 25.5 Å². The van der Waals surface area contributed by atoms with E-state index in [1.165, 1.54) is 50.3 Å². The summed E-state index contributed by atoms with van der Waals surface area (Å²) < 4.78 is 0. The van der Waals surface area contributed by atoms with Crippen LogP contribution in [0.2, 0.25) is 0 Å². The fraction of sp³-hybridized carbons (Fsp3) is 0.600. The number of nitrogens with two attached hydrogens (primary N) is 1. The minimum absolute atomic E-state index is 0.204. The predicted octanol–water partition coefficient (Wildman–Crippen LogP) is 2.45. The van der Waals surface area contributed by atoms with E-state index in [0.29, 0.717) is 11.8 Å².